The van der Waals surface area contributed by atoms with Gasteiger partial charge in [-0.15, -0.1) is 0 Å². The maximum Gasteiger partial charge on any atom is 0.323 e. The summed E-state index contributed by atoms with van der Waals surface area (Å²) in [5.74, 6) is -0.464. The fourth-order valence-electron chi connectivity index (χ4n) is 1.74. The van der Waals surface area contributed by atoms with Crippen LogP contribution in [0.1, 0.15) is 0 Å². The summed E-state index contributed by atoms with van der Waals surface area (Å²) < 4.78 is 18.2. The molecule has 0 atom stereocenters. The highest BCUT2D eigenvalue weighted by molar-refractivity contribution is 6.34. The number of methoxy groups -OCH3 is 1. The largest absolute Gasteiger partial charge is 0.497 e. The number of ether oxygens (including phenoxy) is 1. The Labute approximate surface area is 135 Å². The normalized spacial score (nSPS) is 10.0. The van der Waals surface area contributed by atoms with Gasteiger partial charge in [0.15, 0.2) is 0 Å². The van der Waals surface area contributed by atoms with E-state index in [0.29, 0.717) is 11.4 Å². The summed E-state index contributed by atoms with van der Waals surface area (Å²) in [6.45, 7) is 0. The zero-order valence-corrected chi connectivity index (χ0v) is 12.6. The van der Waals surface area contributed by atoms with Crippen LogP contribution < -0.4 is 15.4 Å². The second-order valence-electron chi connectivity index (χ2n) is 4.35. The number of urea groups is 1. The third kappa shape index (κ3) is 4.07. The Balaban J connectivity index is 2.11. The Kier molecular flexibility index (Phi) is 4.97. The molecule has 9 heteroatoms. The van der Waals surface area contributed by atoms with Crippen molar-refractivity contribution in [1.82, 2.24) is 0 Å². The first-order valence-electron chi connectivity index (χ1n) is 6.26. The summed E-state index contributed by atoms with van der Waals surface area (Å²) in [6, 6.07) is 6.99. The average molecular weight is 340 g/mol. The van der Waals surface area contributed by atoms with E-state index in [2.05, 4.69) is 10.6 Å². The molecule has 7 nitrogen and oxygen atoms in total. The number of nitro benzene ring substituents is 1. The highest BCUT2D eigenvalue weighted by Gasteiger charge is 2.15. The first-order chi connectivity index (χ1) is 10.9. The van der Waals surface area contributed by atoms with Gasteiger partial charge in [-0.2, -0.15) is 4.39 Å². The molecular weight excluding hydrogens is 329 g/mol. The molecule has 0 bridgehead atoms. The van der Waals surface area contributed by atoms with E-state index in [4.69, 9.17) is 16.3 Å². The molecule has 0 aromatic heterocycles. The molecule has 0 saturated heterocycles. The van der Waals surface area contributed by atoms with Crippen molar-refractivity contribution in [2.45, 2.75) is 0 Å². The molecule has 2 aromatic rings. The van der Waals surface area contributed by atoms with Gasteiger partial charge in [0.25, 0.3) is 0 Å². The predicted molar refractivity (Wildman–Crippen MR) is 83.7 cm³/mol. The van der Waals surface area contributed by atoms with Gasteiger partial charge in [-0.25, -0.2) is 4.79 Å². The Morgan fingerprint density at radius 2 is 2.00 bits per heavy atom. The molecule has 120 valence electrons. The number of rotatable bonds is 4. The Hall–Kier alpha value is -2.87. The number of amides is 2. The van der Waals surface area contributed by atoms with Crippen LogP contribution in [0.2, 0.25) is 5.02 Å². The number of nitrogens with zero attached hydrogens (tertiary/aromatic N) is 1. The van der Waals surface area contributed by atoms with Gasteiger partial charge in [0, 0.05) is 17.8 Å². The molecule has 0 fully saturated rings. The van der Waals surface area contributed by atoms with E-state index in [1.54, 1.807) is 6.07 Å². The lowest BCUT2D eigenvalue weighted by Gasteiger charge is -2.10. The molecule has 0 aliphatic carbocycles. The first kappa shape index (κ1) is 16.5. The molecular formula is C14H11ClFN3O4. The van der Waals surface area contributed by atoms with Crippen molar-refractivity contribution >= 4 is 34.7 Å². The minimum atomic E-state index is -0.987. The smallest absolute Gasteiger partial charge is 0.323 e. The van der Waals surface area contributed by atoms with E-state index in [0.717, 1.165) is 12.1 Å². The number of halogens is 2. The topological polar surface area (TPSA) is 93.5 Å². The van der Waals surface area contributed by atoms with E-state index in [1.165, 1.54) is 25.3 Å². The number of carbonyl (C=O) groups excluding carboxylic acids is 1. The summed E-state index contributed by atoms with van der Waals surface area (Å²) >= 11 is 5.98. The maximum atomic E-state index is 13.2. The van der Waals surface area contributed by atoms with E-state index in [-0.39, 0.29) is 10.7 Å². The molecule has 2 rings (SSSR count). The van der Waals surface area contributed by atoms with Crippen LogP contribution in [0.3, 0.4) is 0 Å². The first-order valence-corrected chi connectivity index (χ1v) is 6.64. The van der Waals surface area contributed by atoms with Crippen LogP contribution in [0, 0.1) is 15.9 Å². The Morgan fingerprint density at radius 1 is 1.26 bits per heavy atom. The van der Waals surface area contributed by atoms with Crippen LogP contribution in [0.25, 0.3) is 0 Å². The van der Waals surface area contributed by atoms with Gasteiger partial charge in [0.05, 0.1) is 22.7 Å². The SMILES string of the molecule is COc1ccc(NC(=O)Nc2ccc(F)c([N+](=O)[O-])c2)c(Cl)c1. The summed E-state index contributed by atoms with van der Waals surface area (Å²) in [7, 11) is 1.48. The van der Waals surface area contributed by atoms with E-state index >= 15 is 0 Å². The van der Waals surface area contributed by atoms with Crippen LogP contribution in [0.15, 0.2) is 36.4 Å². The van der Waals surface area contributed by atoms with Crippen molar-refractivity contribution in [3.05, 3.63) is 57.4 Å². The van der Waals surface area contributed by atoms with Crippen LogP contribution in [0.4, 0.5) is 26.2 Å². The second-order valence-corrected chi connectivity index (χ2v) is 4.76. The van der Waals surface area contributed by atoms with Gasteiger partial charge in [-0.3, -0.25) is 10.1 Å². The molecule has 0 spiro atoms. The Morgan fingerprint density at radius 3 is 2.61 bits per heavy atom. The van der Waals surface area contributed by atoms with Gasteiger partial charge in [0.1, 0.15) is 5.75 Å². The summed E-state index contributed by atoms with van der Waals surface area (Å²) in [5.41, 5.74) is -0.341. The second kappa shape index (κ2) is 6.93. The monoisotopic (exact) mass is 339 g/mol. The summed E-state index contributed by atoms with van der Waals surface area (Å²) in [5, 5.41) is 15.7. The molecule has 0 aliphatic heterocycles. The van der Waals surface area contributed by atoms with Crippen LogP contribution in [0.5, 0.6) is 5.75 Å². The molecule has 0 aliphatic rings. The van der Waals surface area contributed by atoms with Crippen molar-refractivity contribution in [1.29, 1.82) is 0 Å². The van der Waals surface area contributed by atoms with Crippen molar-refractivity contribution in [3.8, 4) is 5.75 Å². The fraction of sp³-hybridized carbons (Fsp3) is 0.0714. The van der Waals surface area contributed by atoms with Gasteiger partial charge in [-0.1, -0.05) is 11.6 Å². The fourth-order valence-corrected chi connectivity index (χ4v) is 1.96. The van der Waals surface area contributed by atoms with Crippen LogP contribution in [-0.4, -0.2) is 18.1 Å². The lowest BCUT2D eigenvalue weighted by atomic mass is 10.2. The zero-order valence-electron chi connectivity index (χ0n) is 11.8. The van der Waals surface area contributed by atoms with Crippen molar-refractivity contribution in [2.24, 2.45) is 0 Å². The number of hydrogen-bond donors (Lipinski definition) is 2. The van der Waals surface area contributed by atoms with Crippen LogP contribution >= 0.6 is 11.6 Å². The number of hydrogen-bond acceptors (Lipinski definition) is 4. The van der Waals surface area contributed by atoms with Crippen molar-refractivity contribution in [3.63, 3.8) is 0 Å². The number of benzene rings is 2. The predicted octanol–water partition coefficient (Wildman–Crippen LogP) is 4.04. The Bertz CT molecular complexity index is 770. The quantitative estimate of drug-likeness (QED) is 0.649. The third-order valence-corrected chi connectivity index (χ3v) is 3.14. The lowest BCUT2D eigenvalue weighted by Crippen LogP contribution is -2.19. The van der Waals surface area contributed by atoms with Gasteiger partial charge >= 0.3 is 11.7 Å². The lowest BCUT2D eigenvalue weighted by molar-refractivity contribution is -0.387. The van der Waals surface area contributed by atoms with Crippen molar-refractivity contribution in [2.75, 3.05) is 17.7 Å². The van der Waals surface area contributed by atoms with E-state index < -0.39 is 22.5 Å². The molecule has 23 heavy (non-hydrogen) atoms. The maximum absolute atomic E-state index is 13.2. The molecule has 0 saturated carbocycles. The average Bonchev–Trinajstić information content (AvgIpc) is 2.51. The number of carbonyl (C=O) groups is 1. The molecule has 0 heterocycles. The summed E-state index contributed by atoms with van der Waals surface area (Å²) in [4.78, 5) is 21.7. The van der Waals surface area contributed by atoms with E-state index in [1.807, 2.05) is 0 Å². The molecule has 2 amide bonds. The summed E-state index contributed by atoms with van der Waals surface area (Å²) in [6.07, 6.45) is 0. The highest BCUT2D eigenvalue weighted by Crippen LogP contribution is 2.27. The molecule has 0 unspecified atom stereocenters. The van der Waals surface area contributed by atoms with E-state index in [9.17, 15) is 19.3 Å². The number of nitrogens with one attached hydrogen (secondary N) is 2. The highest BCUT2D eigenvalue weighted by atomic mass is 35.5. The van der Waals surface area contributed by atoms with Gasteiger partial charge in [0.2, 0.25) is 5.82 Å². The minimum absolute atomic E-state index is 0.0697. The molecule has 2 aromatic carbocycles. The van der Waals surface area contributed by atoms with Crippen molar-refractivity contribution < 1.29 is 18.8 Å². The van der Waals surface area contributed by atoms with Crippen LogP contribution in [-0.2, 0) is 0 Å². The molecule has 2 N–H and O–H groups in total. The zero-order chi connectivity index (χ0) is 17.0. The minimum Gasteiger partial charge on any atom is -0.497 e. The molecule has 0 radical (unpaired) electrons. The van der Waals surface area contributed by atoms with Gasteiger partial charge < -0.3 is 15.4 Å². The number of anilines is 2. The standard InChI is InChI=1S/C14H11ClFN3O4/c1-23-9-3-5-12(10(15)7-9)18-14(20)17-8-2-4-11(16)13(6-8)19(21)22/h2-7H,1H3,(H2,17,18,20). The van der Waals surface area contributed by atoms with Gasteiger partial charge in [-0.05, 0) is 24.3 Å². The number of nitro groups is 1. The third-order valence-electron chi connectivity index (χ3n) is 2.83.